The van der Waals surface area contributed by atoms with Crippen molar-refractivity contribution in [1.29, 1.82) is 5.26 Å². The van der Waals surface area contributed by atoms with Gasteiger partial charge in [0.2, 0.25) is 0 Å². The Bertz CT molecular complexity index is 498. The standard InChI is InChI=1S/C11H11F2N3O2/c1-2-18-11(17)9-7(5-15)3-6(4-14)8(16-9)10(12)13/h3,10H,2,5,15H2,1H3. The maximum Gasteiger partial charge on any atom is 0.357 e. The molecule has 0 saturated carbocycles. The van der Waals surface area contributed by atoms with Crippen LogP contribution in [0.2, 0.25) is 0 Å². The Balaban J connectivity index is 3.37. The van der Waals surface area contributed by atoms with Gasteiger partial charge in [0.25, 0.3) is 6.43 Å². The van der Waals surface area contributed by atoms with Crippen LogP contribution in [0.1, 0.15) is 40.7 Å². The van der Waals surface area contributed by atoms with Crippen molar-refractivity contribution in [3.05, 3.63) is 28.6 Å². The molecule has 1 aromatic heterocycles. The van der Waals surface area contributed by atoms with Gasteiger partial charge in [0, 0.05) is 12.1 Å². The van der Waals surface area contributed by atoms with Gasteiger partial charge in [-0.25, -0.2) is 18.6 Å². The molecule has 0 aliphatic heterocycles. The summed E-state index contributed by atoms with van der Waals surface area (Å²) in [7, 11) is 0. The van der Waals surface area contributed by atoms with E-state index in [1.165, 1.54) is 0 Å². The number of nitriles is 1. The molecule has 0 spiro atoms. The Labute approximate surface area is 102 Å². The van der Waals surface area contributed by atoms with Crippen molar-refractivity contribution in [3.63, 3.8) is 0 Å². The average Bonchev–Trinajstić information content (AvgIpc) is 2.37. The van der Waals surface area contributed by atoms with Gasteiger partial charge in [-0.15, -0.1) is 0 Å². The first-order valence-corrected chi connectivity index (χ1v) is 5.14. The van der Waals surface area contributed by atoms with E-state index < -0.39 is 18.1 Å². The fraction of sp³-hybridized carbons (Fsp3) is 0.364. The SMILES string of the molecule is CCOC(=O)c1nc(C(F)F)c(C#N)cc1CN. The van der Waals surface area contributed by atoms with Crippen LogP contribution >= 0.6 is 0 Å². The minimum Gasteiger partial charge on any atom is -0.461 e. The molecule has 0 radical (unpaired) electrons. The first-order valence-electron chi connectivity index (χ1n) is 5.14. The third-order valence-electron chi connectivity index (χ3n) is 2.15. The van der Waals surface area contributed by atoms with Crippen molar-refractivity contribution in [2.24, 2.45) is 5.73 Å². The number of alkyl halides is 2. The second kappa shape index (κ2) is 6.02. The zero-order valence-corrected chi connectivity index (χ0v) is 9.61. The number of aromatic nitrogens is 1. The fourth-order valence-corrected chi connectivity index (χ4v) is 1.36. The Hall–Kier alpha value is -2.07. The lowest BCUT2D eigenvalue weighted by Gasteiger charge is -2.10. The number of nitrogens with zero attached hydrogens (tertiary/aromatic N) is 2. The number of nitrogens with two attached hydrogens (primary N) is 1. The van der Waals surface area contributed by atoms with E-state index in [1.807, 2.05) is 0 Å². The molecule has 0 aromatic carbocycles. The van der Waals surface area contributed by atoms with Crippen molar-refractivity contribution in [2.75, 3.05) is 6.61 Å². The predicted molar refractivity (Wildman–Crippen MR) is 57.8 cm³/mol. The number of ether oxygens (including phenoxy) is 1. The molecule has 0 amide bonds. The van der Waals surface area contributed by atoms with Crippen LogP contribution in [-0.4, -0.2) is 17.6 Å². The molecule has 18 heavy (non-hydrogen) atoms. The number of carbonyl (C=O) groups excluding carboxylic acids is 1. The smallest absolute Gasteiger partial charge is 0.357 e. The van der Waals surface area contributed by atoms with Crippen LogP contribution in [-0.2, 0) is 11.3 Å². The normalized spacial score (nSPS) is 10.2. The van der Waals surface area contributed by atoms with E-state index in [0.717, 1.165) is 6.07 Å². The quantitative estimate of drug-likeness (QED) is 0.824. The highest BCUT2D eigenvalue weighted by atomic mass is 19.3. The Morgan fingerprint density at radius 3 is 2.78 bits per heavy atom. The first kappa shape index (κ1) is 14.0. The predicted octanol–water partition coefficient (Wildman–Crippen LogP) is 1.53. The number of hydrogen-bond acceptors (Lipinski definition) is 5. The number of hydrogen-bond donors (Lipinski definition) is 1. The van der Waals surface area contributed by atoms with Gasteiger partial charge >= 0.3 is 5.97 Å². The van der Waals surface area contributed by atoms with Crippen molar-refractivity contribution in [3.8, 4) is 6.07 Å². The second-order valence-corrected chi connectivity index (χ2v) is 3.27. The molecule has 1 rings (SSSR count). The molecule has 96 valence electrons. The van der Waals surface area contributed by atoms with Crippen molar-refractivity contribution >= 4 is 5.97 Å². The molecule has 0 aliphatic rings. The molecule has 0 fully saturated rings. The lowest BCUT2D eigenvalue weighted by Crippen LogP contribution is -2.15. The van der Waals surface area contributed by atoms with Gasteiger partial charge in [-0.05, 0) is 13.0 Å². The maximum atomic E-state index is 12.7. The van der Waals surface area contributed by atoms with Crippen LogP contribution in [0.4, 0.5) is 8.78 Å². The topological polar surface area (TPSA) is 89.0 Å². The third kappa shape index (κ3) is 2.78. The number of rotatable bonds is 4. The summed E-state index contributed by atoms with van der Waals surface area (Å²) in [6, 6.07) is 2.74. The van der Waals surface area contributed by atoms with Gasteiger partial charge in [0.1, 0.15) is 11.8 Å². The van der Waals surface area contributed by atoms with Crippen LogP contribution in [0.15, 0.2) is 6.07 Å². The number of halogens is 2. The molecule has 0 aliphatic carbocycles. The summed E-state index contributed by atoms with van der Waals surface area (Å²) in [5, 5.41) is 8.74. The van der Waals surface area contributed by atoms with Crippen LogP contribution in [0.5, 0.6) is 0 Å². The van der Waals surface area contributed by atoms with Gasteiger partial charge < -0.3 is 10.5 Å². The van der Waals surface area contributed by atoms with Crippen LogP contribution in [0.3, 0.4) is 0 Å². The largest absolute Gasteiger partial charge is 0.461 e. The summed E-state index contributed by atoms with van der Waals surface area (Å²) < 4.78 is 30.1. The Morgan fingerprint density at radius 2 is 2.33 bits per heavy atom. The minimum atomic E-state index is -2.94. The van der Waals surface area contributed by atoms with Gasteiger partial charge in [-0.1, -0.05) is 0 Å². The molecular weight excluding hydrogens is 244 g/mol. The van der Waals surface area contributed by atoms with E-state index in [2.05, 4.69) is 4.98 Å². The molecule has 0 atom stereocenters. The second-order valence-electron chi connectivity index (χ2n) is 3.27. The van der Waals surface area contributed by atoms with Crippen LogP contribution in [0, 0.1) is 11.3 Å². The van der Waals surface area contributed by atoms with E-state index in [-0.39, 0.29) is 30.0 Å². The summed E-state index contributed by atoms with van der Waals surface area (Å²) in [6.07, 6.45) is -2.94. The molecule has 0 saturated heterocycles. The highest BCUT2D eigenvalue weighted by molar-refractivity contribution is 5.89. The molecule has 2 N–H and O–H groups in total. The molecule has 1 aromatic rings. The molecule has 1 heterocycles. The monoisotopic (exact) mass is 255 g/mol. The minimum absolute atomic E-state index is 0.0918. The van der Waals surface area contributed by atoms with Gasteiger partial charge in [-0.3, -0.25) is 0 Å². The van der Waals surface area contributed by atoms with Crippen LogP contribution < -0.4 is 5.73 Å². The average molecular weight is 255 g/mol. The summed E-state index contributed by atoms with van der Waals surface area (Å²) in [5.74, 6) is -0.829. The number of carbonyl (C=O) groups is 1. The van der Waals surface area contributed by atoms with Crippen molar-refractivity contribution < 1.29 is 18.3 Å². The highest BCUT2D eigenvalue weighted by Crippen LogP contribution is 2.23. The lowest BCUT2D eigenvalue weighted by molar-refractivity contribution is 0.0516. The first-order chi connectivity index (χ1) is 8.54. The van der Waals surface area contributed by atoms with Gasteiger partial charge in [-0.2, -0.15) is 5.26 Å². The van der Waals surface area contributed by atoms with Gasteiger partial charge in [0.05, 0.1) is 12.2 Å². The van der Waals surface area contributed by atoms with Crippen molar-refractivity contribution in [2.45, 2.75) is 19.9 Å². The molecular formula is C11H11F2N3O2. The van der Waals surface area contributed by atoms with E-state index in [4.69, 9.17) is 15.7 Å². The molecule has 7 heteroatoms. The summed E-state index contributed by atoms with van der Waals surface area (Å²) >= 11 is 0. The number of pyridine rings is 1. The molecule has 0 unspecified atom stereocenters. The van der Waals surface area contributed by atoms with Crippen LogP contribution in [0.25, 0.3) is 0 Å². The molecule has 5 nitrogen and oxygen atoms in total. The summed E-state index contributed by atoms with van der Waals surface area (Å²) in [6.45, 7) is 1.57. The fourth-order valence-electron chi connectivity index (χ4n) is 1.36. The van der Waals surface area contributed by atoms with E-state index in [0.29, 0.717) is 0 Å². The number of esters is 1. The zero-order valence-electron chi connectivity index (χ0n) is 9.61. The third-order valence-corrected chi connectivity index (χ3v) is 2.15. The Kier molecular flexibility index (Phi) is 4.68. The van der Waals surface area contributed by atoms with E-state index in [9.17, 15) is 13.6 Å². The molecule has 0 bridgehead atoms. The summed E-state index contributed by atoms with van der Waals surface area (Å²) in [5.41, 5.74) is 4.29. The summed E-state index contributed by atoms with van der Waals surface area (Å²) in [4.78, 5) is 15.0. The van der Waals surface area contributed by atoms with Gasteiger partial charge in [0.15, 0.2) is 5.69 Å². The van der Waals surface area contributed by atoms with E-state index in [1.54, 1.807) is 13.0 Å². The highest BCUT2D eigenvalue weighted by Gasteiger charge is 2.22. The maximum absolute atomic E-state index is 12.7. The van der Waals surface area contributed by atoms with Crippen molar-refractivity contribution in [1.82, 2.24) is 4.98 Å². The van der Waals surface area contributed by atoms with E-state index >= 15 is 0 Å². The lowest BCUT2D eigenvalue weighted by atomic mass is 10.1. The zero-order chi connectivity index (χ0) is 13.7. The Morgan fingerprint density at radius 1 is 1.67 bits per heavy atom.